The first kappa shape index (κ1) is 12.0. The second kappa shape index (κ2) is 4.62. The van der Waals surface area contributed by atoms with E-state index in [4.69, 9.17) is 18.0 Å². The third kappa shape index (κ3) is 4.30. The Morgan fingerprint density at radius 3 is 2.20 bits per heavy atom. The van der Waals surface area contributed by atoms with E-state index in [1.54, 1.807) is 0 Å². The number of nitrogens with one attached hydrogen (secondary N) is 1. The number of thiocarbonyl (C=S) groups is 1. The number of benzene rings is 1. The molecule has 3 heteroatoms. The molecule has 1 aromatic rings. The molecule has 0 saturated heterocycles. The Kier molecular flexibility index (Phi) is 3.69. The largest absolute Gasteiger partial charge is 0.389 e. The number of hydrogen-bond acceptors (Lipinski definition) is 2. The first-order chi connectivity index (χ1) is 6.88. The van der Waals surface area contributed by atoms with Crippen molar-refractivity contribution < 1.29 is 0 Å². The summed E-state index contributed by atoms with van der Waals surface area (Å²) in [6, 6.07) is 7.88. The van der Waals surface area contributed by atoms with Crippen molar-refractivity contribution >= 4 is 22.9 Å². The first-order valence-corrected chi connectivity index (χ1v) is 5.43. The van der Waals surface area contributed by atoms with E-state index in [0.29, 0.717) is 4.99 Å². The monoisotopic (exact) mass is 222 g/mol. The molecule has 82 valence electrons. The normalized spacial score (nSPS) is 11.1. The number of nitrogens with two attached hydrogens (primary N) is 1. The fourth-order valence-corrected chi connectivity index (χ4v) is 1.26. The topological polar surface area (TPSA) is 38.0 Å². The lowest BCUT2D eigenvalue weighted by Gasteiger charge is -2.19. The molecular weight excluding hydrogens is 204 g/mol. The average molecular weight is 222 g/mol. The maximum atomic E-state index is 5.52. The molecule has 0 aliphatic carbocycles. The second-order valence-corrected chi connectivity index (χ2v) is 5.30. The van der Waals surface area contributed by atoms with Crippen molar-refractivity contribution in [2.45, 2.75) is 20.8 Å². The van der Waals surface area contributed by atoms with Gasteiger partial charge in [0.05, 0.1) is 0 Å². The summed E-state index contributed by atoms with van der Waals surface area (Å²) >= 11 is 4.89. The van der Waals surface area contributed by atoms with Crippen molar-refractivity contribution in [3.8, 4) is 0 Å². The summed E-state index contributed by atoms with van der Waals surface area (Å²) < 4.78 is 0. The summed E-state index contributed by atoms with van der Waals surface area (Å²) in [4.78, 5) is 0.442. The molecule has 1 rings (SSSR count). The predicted octanol–water partition coefficient (Wildman–Crippen LogP) is 2.78. The van der Waals surface area contributed by atoms with Crippen molar-refractivity contribution in [3.05, 3.63) is 29.8 Å². The lowest BCUT2D eigenvalue weighted by molar-refractivity contribution is 0.443. The summed E-state index contributed by atoms with van der Waals surface area (Å²) in [5.41, 5.74) is 7.81. The maximum Gasteiger partial charge on any atom is 0.103 e. The smallest absolute Gasteiger partial charge is 0.103 e. The lowest BCUT2D eigenvalue weighted by Crippen LogP contribution is -2.19. The summed E-state index contributed by atoms with van der Waals surface area (Å²) in [5, 5.41) is 3.37. The van der Waals surface area contributed by atoms with Crippen molar-refractivity contribution in [1.29, 1.82) is 0 Å². The van der Waals surface area contributed by atoms with Gasteiger partial charge in [-0.2, -0.15) is 0 Å². The minimum atomic E-state index is 0.280. The molecule has 15 heavy (non-hydrogen) atoms. The fourth-order valence-electron chi connectivity index (χ4n) is 1.12. The molecule has 2 nitrogen and oxygen atoms in total. The van der Waals surface area contributed by atoms with Crippen LogP contribution in [-0.4, -0.2) is 11.5 Å². The van der Waals surface area contributed by atoms with E-state index in [9.17, 15) is 0 Å². The minimum Gasteiger partial charge on any atom is -0.389 e. The Balaban J connectivity index is 2.61. The van der Waals surface area contributed by atoms with Gasteiger partial charge in [0, 0.05) is 17.8 Å². The van der Waals surface area contributed by atoms with Crippen LogP contribution in [-0.2, 0) is 0 Å². The molecule has 0 aromatic heterocycles. The second-order valence-electron chi connectivity index (χ2n) is 4.86. The van der Waals surface area contributed by atoms with Crippen molar-refractivity contribution in [1.82, 2.24) is 0 Å². The Hall–Kier alpha value is -1.09. The number of hydrogen-bond donors (Lipinski definition) is 2. The highest BCUT2D eigenvalue weighted by molar-refractivity contribution is 7.80. The molecule has 0 fully saturated rings. The zero-order valence-electron chi connectivity index (χ0n) is 9.50. The number of anilines is 1. The molecule has 0 atom stereocenters. The van der Waals surface area contributed by atoms with Crippen LogP contribution in [0.3, 0.4) is 0 Å². The van der Waals surface area contributed by atoms with Gasteiger partial charge in [-0.05, 0) is 29.7 Å². The zero-order chi connectivity index (χ0) is 11.5. The van der Waals surface area contributed by atoms with Gasteiger partial charge in [0.15, 0.2) is 0 Å². The predicted molar refractivity (Wildman–Crippen MR) is 70.3 cm³/mol. The Bertz CT molecular complexity index is 336. The summed E-state index contributed by atoms with van der Waals surface area (Å²) in [6.07, 6.45) is 0. The van der Waals surface area contributed by atoms with E-state index < -0.39 is 0 Å². The van der Waals surface area contributed by atoms with Crippen LogP contribution in [0.2, 0.25) is 0 Å². The van der Waals surface area contributed by atoms with E-state index >= 15 is 0 Å². The average Bonchev–Trinajstić information content (AvgIpc) is 2.14. The van der Waals surface area contributed by atoms with Gasteiger partial charge in [-0.3, -0.25) is 0 Å². The highest BCUT2D eigenvalue weighted by Crippen LogP contribution is 2.15. The van der Waals surface area contributed by atoms with Crippen LogP contribution in [0.15, 0.2) is 24.3 Å². The molecule has 0 bridgehead atoms. The van der Waals surface area contributed by atoms with Crippen LogP contribution in [0.4, 0.5) is 5.69 Å². The van der Waals surface area contributed by atoms with E-state index in [1.165, 1.54) is 0 Å². The van der Waals surface area contributed by atoms with Crippen LogP contribution in [0.1, 0.15) is 26.3 Å². The minimum absolute atomic E-state index is 0.280. The van der Waals surface area contributed by atoms with E-state index in [1.807, 2.05) is 24.3 Å². The van der Waals surface area contributed by atoms with Crippen LogP contribution in [0.5, 0.6) is 0 Å². The third-order valence-corrected chi connectivity index (χ3v) is 2.23. The van der Waals surface area contributed by atoms with Gasteiger partial charge in [-0.25, -0.2) is 0 Å². The molecule has 0 aliphatic rings. The van der Waals surface area contributed by atoms with E-state index in [-0.39, 0.29) is 5.41 Å². The Morgan fingerprint density at radius 2 is 1.80 bits per heavy atom. The maximum absolute atomic E-state index is 5.52. The molecule has 0 aliphatic heterocycles. The van der Waals surface area contributed by atoms with Crippen LogP contribution >= 0.6 is 12.2 Å². The van der Waals surface area contributed by atoms with Crippen LogP contribution in [0, 0.1) is 5.41 Å². The fraction of sp³-hybridized carbons (Fsp3) is 0.417. The van der Waals surface area contributed by atoms with Crippen molar-refractivity contribution in [2.75, 3.05) is 11.9 Å². The summed E-state index contributed by atoms with van der Waals surface area (Å²) in [7, 11) is 0. The van der Waals surface area contributed by atoms with E-state index in [2.05, 4.69) is 26.1 Å². The molecule has 1 aromatic carbocycles. The van der Waals surface area contributed by atoms with Gasteiger partial charge >= 0.3 is 0 Å². The summed E-state index contributed by atoms with van der Waals surface area (Å²) in [5.74, 6) is 0. The van der Waals surface area contributed by atoms with Crippen molar-refractivity contribution in [3.63, 3.8) is 0 Å². The molecule has 0 unspecified atom stereocenters. The van der Waals surface area contributed by atoms with Gasteiger partial charge < -0.3 is 11.1 Å². The Labute approximate surface area is 96.9 Å². The van der Waals surface area contributed by atoms with Gasteiger partial charge in [-0.1, -0.05) is 33.0 Å². The number of rotatable bonds is 3. The van der Waals surface area contributed by atoms with Crippen LogP contribution in [0.25, 0.3) is 0 Å². The van der Waals surface area contributed by atoms with Gasteiger partial charge in [0.1, 0.15) is 4.99 Å². The van der Waals surface area contributed by atoms with Crippen molar-refractivity contribution in [2.24, 2.45) is 11.1 Å². The SMILES string of the molecule is CC(C)(C)CNc1ccc(C(N)=S)cc1. The molecule has 3 N–H and O–H groups in total. The molecule has 0 amide bonds. The first-order valence-electron chi connectivity index (χ1n) is 5.02. The summed E-state index contributed by atoms with van der Waals surface area (Å²) in [6.45, 7) is 7.54. The standard InChI is InChI=1S/C12H18N2S/c1-12(2,3)8-14-10-6-4-9(5-7-10)11(13)15/h4-7,14H,8H2,1-3H3,(H2,13,15). The molecular formula is C12H18N2S. The molecule has 0 spiro atoms. The lowest BCUT2D eigenvalue weighted by atomic mass is 9.97. The third-order valence-electron chi connectivity index (χ3n) is 1.99. The van der Waals surface area contributed by atoms with Gasteiger partial charge in [0.2, 0.25) is 0 Å². The highest BCUT2D eigenvalue weighted by atomic mass is 32.1. The highest BCUT2D eigenvalue weighted by Gasteiger charge is 2.09. The Morgan fingerprint density at radius 1 is 1.27 bits per heavy atom. The zero-order valence-corrected chi connectivity index (χ0v) is 10.3. The van der Waals surface area contributed by atoms with E-state index in [0.717, 1.165) is 17.8 Å². The van der Waals surface area contributed by atoms with Gasteiger partial charge in [-0.15, -0.1) is 0 Å². The molecule has 0 saturated carbocycles. The molecule has 0 heterocycles. The quantitative estimate of drug-likeness (QED) is 0.772. The molecule has 0 radical (unpaired) electrons. The van der Waals surface area contributed by atoms with Crippen LogP contribution < -0.4 is 11.1 Å². The van der Waals surface area contributed by atoms with Gasteiger partial charge in [0.25, 0.3) is 0 Å².